The van der Waals surface area contributed by atoms with Gasteiger partial charge in [-0.25, -0.2) is 0 Å². The van der Waals surface area contributed by atoms with Gasteiger partial charge in [-0.15, -0.1) is 0 Å². The van der Waals surface area contributed by atoms with E-state index in [0.29, 0.717) is 12.1 Å². The topological polar surface area (TPSA) is 44.9 Å². The molecule has 2 aliphatic rings. The van der Waals surface area contributed by atoms with Gasteiger partial charge < -0.3 is 10.3 Å². The molecule has 3 nitrogen and oxygen atoms in total. The van der Waals surface area contributed by atoms with Gasteiger partial charge in [-0.3, -0.25) is 4.79 Å². The van der Waals surface area contributed by atoms with Crippen molar-refractivity contribution in [2.75, 3.05) is 0 Å². The molecule has 0 saturated heterocycles. The molecule has 2 unspecified atom stereocenters. The fourth-order valence-corrected chi connectivity index (χ4v) is 3.78. The molecule has 0 radical (unpaired) electrons. The maximum atomic E-state index is 11.4. The number of H-pyrrole nitrogens is 1. The van der Waals surface area contributed by atoms with E-state index in [1.807, 2.05) is 6.07 Å². The standard InChI is InChI=1S/C16H24N2O/c1-11(12-5-2-3-6-12)17-14-7-4-8-15-13(14)9-10-16(19)18-15/h9-12,14,17H,2-8H2,1H3,(H,18,19). The second-order valence-corrected chi connectivity index (χ2v) is 6.20. The number of nitrogens with one attached hydrogen (secondary N) is 2. The summed E-state index contributed by atoms with van der Waals surface area (Å²) in [6.45, 7) is 2.33. The minimum absolute atomic E-state index is 0.0308. The number of fused-ring (bicyclic) bond motifs is 1. The van der Waals surface area contributed by atoms with Gasteiger partial charge >= 0.3 is 0 Å². The smallest absolute Gasteiger partial charge is 0.248 e. The Hall–Kier alpha value is -1.09. The zero-order valence-electron chi connectivity index (χ0n) is 11.7. The Labute approximate surface area is 114 Å². The number of aryl methyl sites for hydroxylation is 1. The molecule has 2 N–H and O–H groups in total. The molecule has 19 heavy (non-hydrogen) atoms. The van der Waals surface area contributed by atoms with Gasteiger partial charge in [0, 0.05) is 23.8 Å². The Morgan fingerprint density at radius 1 is 1.21 bits per heavy atom. The molecule has 2 atom stereocenters. The van der Waals surface area contributed by atoms with Gasteiger partial charge in [0.2, 0.25) is 5.56 Å². The van der Waals surface area contributed by atoms with Crippen molar-refractivity contribution in [3.8, 4) is 0 Å². The third-order valence-electron chi connectivity index (χ3n) is 4.90. The largest absolute Gasteiger partial charge is 0.326 e. The fourth-order valence-electron chi connectivity index (χ4n) is 3.78. The SMILES string of the molecule is CC(NC1CCCc2[nH]c(=O)ccc21)C1CCCC1. The van der Waals surface area contributed by atoms with Crippen molar-refractivity contribution in [3.63, 3.8) is 0 Å². The van der Waals surface area contributed by atoms with Crippen LogP contribution in [0.4, 0.5) is 0 Å². The molecule has 3 rings (SSSR count). The number of pyridine rings is 1. The second kappa shape index (κ2) is 5.49. The molecule has 0 amide bonds. The van der Waals surface area contributed by atoms with Crippen LogP contribution < -0.4 is 10.9 Å². The average Bonchev–Trinajstić information content (AvgIpc) is 2.92. The molecule has 1 saturated carbocycles. The third-order valence-corrected chi connectivity index (χ3v) is 4.90. The molecule has 2 aliphatic carbocycles. The molecule has 0 aromatic carbocycles. The summed E-state index contributed by atoms with van der Waals surface area (Å²) >= 11 is 0. The van der Waals surface area contributed by atoms with Crippen molar-refractivity contribution in [2.45, 2.75) is 64.0 Å². The first-order valence-corrected chi connectivity index (χ1v) is 7.72. The van der Waals surface area contributed by atoms with E-state index < -0.39 is 0 Å². The highest BCUT2D eigenvalue weighted by Crippen LogP contribution is 2.32. The van der Waals surface area contributed by atoms with Crippen LogP contribution in [0.3, 0.4) is 0 Å². The van der Waals surface area contributed by atoms with E-state index in [4.69, 9.17) is 0 Å². The highest BCUT2D eigenvalue weighted by atomic mass is 16.1. The summed E-state index contributed by atoms with van der Waals surface area (Å²) < 4.78 is 0. The first-order chi connectivity index (χ1) is 9.24. The summed E-state index contributed by atoms with van der Waals surface area (Å²) in [6.07, 6.45) is 8.91. The third kappa shape index (κ3) is 2.76. The van der Waals surface area contributed by atoms with Crippen LogP contribution in [0.25, 0.3) is 0 Å². The molecule has 0 spiro atoms. The molecule has 3 heteroatoms. The Balaban J connectivity index is 1.74. The van der Waals surface area contributed by atoms with E-state index in [9.17, 15) is 4.79 Å². The van der Waals surface area contributed by atoms with Gasteiger partial charge in [-0.05, 0) is 50.5 Å². The Morgan fingerprint density at radius 3 is 2.79 bits per heavy atom. The van der Waals surface area contributed by atoms with Crippen LogP contribution in [-0.4, -0.2) is 11.0 Å². The van der Waals surface area contributed by atoms with Crippen molar-refractivity contribution in [2.24, 2.45) is 5.92 Å². The number of hydrogen-bond donors (Lipinski definition) is 2. The molecule has 1 aromatic heterocycles. The summed E-state index contributed by atoms with van der Waals surface area (Å²) in [5, 5.41) is 3.81. The van der Waals surface area contributed by atoms with Gasteiger partial charge in [-0.2, -0.15) is 0 Å². The highest BCUT2D eigenvalue weighted by molar-refractivity contribution is 5.26. The molecule has 104 valence electrons. The van der Waals surface area contributed by atoms with Crippen LogP contribution in [0.5, 0.6) is 0 Å². The van der Waals surface area contributed by atoms with Gasteiger partial charge in [-0.1, -0.05) is 18.9 Å². The number of aromatic nitrogens is 1. The number of rotatable bonds is 3. The summed E-state index contributed by atoms with van der Waals surface area (Å²) in [6, 6.07) is 4.70. The predicted molar refractivity (Wildman–Crippen MR) is 77.3 cm³/mol. The van der Waals surface area contributed by atoms with E-state index in [0.717, 1.165) is 18.0 Å². The maximum Gasteiger partial charge on any atom is 0.248 e. The van der Waals surface area contributed by atoms with Gasteiger partial charge in [0.1, 0.15) is 0 Å². The maximum absolute atomic E-state index is 11.4. The first kappa shape index (κ1) is 12.9. The van der Waals surface area contributed by atoms with Crippen molar-refractivity contribution >= 4 is 0 Å². The zero-order valence-corrected chi connectivity index (χ0v) is 11.7. The predicted octanol–water partition coefficient (Wildman–Crippen LogP) is 2.92. The van der Waals surface area contributed by atoms with Crippen molar-refractivity contribution in [1.82, 2.24) is 10.3 Å². The minimum atomic E-state index is 0.0308. The summed E-state index contributed by atoms with van der Waals surface area (Å²) in [5.74, 6) is 0.841. The fraction of sp³-hybridized carbons (Fsp3) is 0.688. The monoisotopic (exact) mass is 260 g/mol. The van der Waals surface area contributed by atoms with Gasteiger partial charge in [0.05, 0.1) is 0 Å². The van der Waals surface area contributed by atoms with Crippen molar-refractivity contribution < 1.29 is 0 Å². The van der Waals surface area contributed by atoms with Crippen molar-refractivity contribution in [3.05, 3.63) is 33.7 Å². The lowest BCUT2D eigenvalue weighted by atomic mass is 9.89. The minimum Gasteiger partial charge on any atom is -0.326 e. The molecule has 0 aliphatic heterocycles. The molecule has 1 aromatic rings. The van der Waals surface area contributed by atoms with Gasteiger partial charge in [0.25, 0.3) is 0 Å². The average molecular weight is 260 g/mol. The Morgan fingerprint density at radius 2 is 2.00 bits per heavy atom. The van der Waals surface area contributed by atoms with Gasteiger partial charge in [0.15, 0.2) is 0 Å². The summed E-state index contributed by atoms with van der Waals surface area (Å²) in [4.78, 5) is 14.4. The molecular formula is C16H24N2O. The van der Waals surface area contributed by atoms with E-state index in [-0.39, 0.29) is 5.56 Å². The lowest BCUT2D eigenvalue weighted by Gasteiger charge is -2.31. The Bertz CT molecular complexity index is 488. The Kier molecular flexibility index (Phi) is 3.74. The van der Waals surface area contributed by atoms with Crippen LogP contribution >= 0.6 is 0 Å². The quantitative estimate of drug-likeness (QED) is 0.877. The van der Waals surface area contributed by atoms with Crippen molar-refractivity contribution in [1.29, 1.82) is 0 Å². The zero-order chi connectivity index (χ0) is 13.2. The van der Waals surface area contributed by atoms with E-state index in [1.54, 1.807) is 6.07 Å². The summed E-state index contributed by atoms with van der Waals surface area (Å²) in [7, 11) is 0. The molecular weight excluding hydrogens is 236 g/mol. The molecule has 0 bridgehead atoms. The molecule has 1 fully saturated rings. The van der Waals surface area contributed by atoms with Crippen LogP contribution in [0.15, 0.2) is 16.9 Å². The lowest BCUT2D eigenvalue weighted by Crippen LogP contribution is -2.37. The normalized spacial score (nSPS) is 25.2. The van der Waals surface area contributed by atoms with Crippen LogP contribution in [0.2, 0.25) is 0 Å². The lowest BCUT2D eigenvalue weighted by molar-refractivity contribution is 0.323. The van der Waals surface area contributed by atoms with Crippen LogP contribution in [0, 0.1) is 5.92 Å². The highest BCUT2D eigenvalue weighted by Gasteiger charge is 2.26. The van der Waals surface area contributed by atoms with E-state index in [2.05, 4.69) is 17.2 Å². The van der Waals surface area contributed by atoms with Crippen LogP contribution in [-0.2, 0) is 6.42 Å². The van der Waals surface area contributed by atoms with Crippen LogP contribution in [0.1, 0.15) is 62.7 Å². The molecule has 1 heterocycles. The van der Waals surface area contributed by atoms with E-state index >= 15 is 0 Å². The first-order valence-electron chi connectivity index (χ1n) is 7.72. The van der Waals surface area contributed by atoms with E-state index in [1.165, 1.54) is 44.1 Å². The summed E-state index contributed by atoms with van der Waals surface area (Å²) in [5.41, 5.74) is 2.49. The number of aromatic amines is 1. The number of hydrogen-bond acceptors (Lipinski definition) is 2. The second-order valence-electron chi connectivity index (χ2n) is 6.20.